The van der Waals surface area contributed by atoms with Gasteiger partial charge in [-0.05, 0) is 60.9 Å². The molecule has 0 aromatic heterocycles. The van der Waals surface area contributed by atoms with Gasteiger partial charge in [0.2, 0.25) is 5.91 Å². The molecule has 1 aliphatic rings. The Balaban J connectivity index is 1.37. The Hall–Kier alpha value is -3.22. The molecule has 7 nitrogen and oxygen atoms in total. The summed E-state index contributed by atoms with van der Waals surface area (Å²) in [6, 6.07) is 16.6. The second-order valence-corrected chi connectivity index (χ2v) is 8.88. The molecule has 2 amide bonds. The molecule has 0 bridgehead atoms. The molecule has 3 N–H and O–H groups in total. The summed E-state index contributed by atoms with van der Waals surface area (Å²) in [4.78, 5) is 24.9. The van der Waals surface area contributed by atoms with Crippen molar-refractivity contribution in [1.82, 2.24) is 10.6 Å². The Kier molecular flexibility index (Phi) is 9.42. The summed E-state index contributed by atoms with van der Waals surface area (Å²) in [5.41, 5.74) is 1.86. The highest BCUT2D eigenvalue weighted by molar-refractivity contribution is 5.85. The lowest BCUT2D eigenvalue weighted by atomic mass is 10.0. The lowest BCUT2D eigenvalue weighted by molar-refractivity contribution is -0.123. The minimum atomic E-state index is -0.642. The van der Waals surface area contributed by atoms with Crippen LogP contribution < -0.4 is 20.7 Å². The van der Waals surface area contributed by atoms with E-state index in [1.54, 1.807) is 0 Å². The summed E-state index contributed by atoms with van der Waals surface area (Å²) in [5.74, 6) is 1.63. The van der Waals surface area contributed by atoms with Gasteiger partial charge in [-0.1, -0.05) is 44.2 Å². The van der Waals surface area contributed by atoms with Crippen LogP contribution in [-0.4, -0.2) is 37.7 Å². The van der Waals surface area contributed by atoms with Crippen LogP contribution in [0.3, 0.4) is 0 Å². The van der Waals surface area contributed by atoms with Gasteiger partial charge in [0.1, 0.15) is 18.4 Å². The first-order valence-corrected chi connectivity index (χ1v) is 11.7. The highest BCUT2D eigenvalue weighted by atomic mass is 16.5. The van der Waals surface area contributed by atoms with Crippen LogP contribution in [0.5, 0.6) is 5.75 Å². The summed E-state index contributed by atoms with van der Waals surface area (Å²) in [6.07, 6.45) is 2.48. The fourth-order valence-electron chi connectivity index (χ4n) is 3.29. The molecule has 0 unspecified atom stereocenters. The van der Waals surface area contributed by atoms with Crippen LogP contribution in [-0.2, 0) is 16.1 Å². The molecule has 178 valence electrons. The van der Waals surface area contributed by atoms with Gasteiger partial charge in [-0.25, -0.2) is 4.79 Å². The van der Waals surface area contributed by atoms with Crippen molar-refractivity contribution >= 4 is 17.7 Å². The van der Waals surface area contributed by atoms with Crippen molar-refractivity contribution in [1.29, 1.82) is 0 Å². The number of amides is 2. The third-order valence-corrected chi connectivity index (χ3v) is 5.32. The molecule has 0 spiro atoms. The molecular formula is C26H35N3O4. The minimum Gasteiger partial charge on any atom is -0.493 e. The average Bonchev–Trinajstić information content (AvgIpc) is 3.64. The van der Waals surface area contributed by atoms with E-state index in [0.29, 0.717) is 19.5 Å². The molecular weight excluding hydrogens is 418 g/mol. The van der Waals surface area contributed by atoms with E-state index < -0.39 is 12.1 Å². The Labute approximate surface area is 196 Å². The number of carbonyl (C=O) groups excluding carboxylic acids is 2. The lowest BCUT2D eigenvalue weighted by Gasteiger charge is -2.20. The van der Waals surface area contributed by atoms with Crippen molar-refractivity contribution in [2.75, 3.05) is 25.0 Å². The van der Waals surface area contributed by atoms with Crippen LogP contribution in [0.2, 0.25) is 0 Å². The molecule has 0 aliphatic heterocycles. The smallest absolute Gasteiger partial charge is 0.408 e. The van der Waals surface area contributed by atoms with Crippen LogP contribution in [0.1, 0.15) is 38.7 Å². The number of nitrogens with one attached hydrogen (secondary N) is 3. The normalized spacial score (nSPS) is 13.8. The summed E-state index contributed by atoms with van der Waals surface area (Å²) >= 11 is 0. The number of rotatable bonds is 13. The number of alkyl carbamates (subject to hydrolysis) is 1. The molecule has 1 atom stereocenters. The highest BCUT2D eigenvalue weighted by Gasteiger charge is 2.23. The van der Waals surface area contributed by atoms with E-state index >= 15 is 0 Å². The van der Waals surface area contributed by atoms with Crippen LogP contribution in [0.15, 0.2) is 54.6 Å². The molecule has 0 heterocycles. The number of hydrogen-bond donors (Lipinski definition) is 3. The summed E-state index contributed by atoms with van der Waals surface area (Å²) < 4.78 is 11.0. The Morgan fingerprint density at radius 3 is 2.39 bits per heavy atom. The predicted molar refractivity (Wildman–Crippen MR) is 129 cm³/mol. The third-order valence-electron chi connectivity index (χ3n) is 5.32. The van der Waals surface area contributed by atoms with Crippen LogP contribution in [0.4, 0.5) is 10.5 Å². The number of anilines is 1. The highest BCUT2D eigenvalue weighted by Crippen LogP contribution is 2.29. The molecule has 1 saturated carbocycles. The SMILES string of the molecule is CC(C)C[C@H](NC(=O)OCc1ccccc1)C(=O)NCCNc1ccc(OCC2CC2)cc1. The van der Waals surface area contributed by atoms with Gasteiger partial charge in [0.05, 0.1) is 6.61 Å². The monoisotopic (exact) mass is 453 g/mol. The summed E-state index contributed by atoms with van der Waals surface area (Å²) in [5, 5.41) is 8.87. The number of carbonyl (C=O) groups is 2. The first-order chi connectivity index (χ1) is 16.0. The van der Waals surface area contributed by atoms with Crippen molar-refractivity contribution in [2.24, 2.45) is 11.8 Å². The zero-order chi connectivity index (χ0) is 23.5. The first kappa shape index (κ1) is 24.4. The molecule has 1 fully saturated rings. The second-order valence-electron chi connectivity index (χ2n) is 8.88. The number of benzene rings is 2. The van der Waals surface area contributed by atoms with E-state index in [4.69, 9.17) is 9.47 Å². The molecule has 33 heavy (non-hydrogen) atoms. The van der Waals surface area contributed by atoms with Gasteiger partial charge in [-0.2, -0.15) is 0 Å². The summed E-state index contributed by atoms with van der Waals surface area (Å²) in [6.45, 7) is 5.99. The predicted octanol–water partition coefficient (Wildman–Crippen LogP) is 4.34. The average molecular weight is 454 g/mol. The third kappa shape index (κ3) is 9.43. The van der Waals surface area contributed by atoms with E-state index in [1.807, 2.05) is 68.4 Å². The van der Waals surface area contributed by atoms with Crippen LogP contribution in [0.25, 0.3) is 0 Å². The fraction of sp³-hybridized carbons (Fsp3) is 0.462. The maximum atomic E-state index is 12.7. The summed E-state index contributed by atoms with van der Waals surface area (Å²) in [7, 11) is 0. The van der Waals surface area contributed by atoms with Crippen molar-refractivity contribution in [3.05, 3.63) is 60.2 Å². The van der Waals surface area contributed by atoms with Crippen LogP contribution >= 0.6 is 0 Å². The standard InChI is InChI=1S/C26H35N3O4/c1-19(2)16-24(29-26(31)33-18-20-6-4-3-5-7-20)25(30)28-15-14-27-22-10-12-23(13-11-22)32-17-21-8-9-21/h3-7,10-13,19,21,24,27H,8-9,14-18H2,1-2H3,(H,28,30)(H,29,31)/t24-/m0/s1. The maximum absolute atomic E-state index is 12.7. The van der Waals surface area contributed by atoms with Crippen LogP contribution in [0, 0.1) is 11.8 Å². The van der Waals surface area contributed by atoms with Crippen molar-refractivity contribution in [3.8, 4) is 5.75 Å². The van der Waals surface area contributed by atoms with Gasteiger partial charge in [-0.3, -0.25) is 4.79 Å². The van der Waals surface area contributed by atoms with Gasteiger partial charge >= 0.3 is 6.09 Å². The minimum absolute atomic E-state index is 0.164. The topological polar surface area (TPSA) is 88.7 Å². The number of hydrogen-bond acceptors (Lipinski definition) is 5. The van der Waals surface area contributed by atoms with Crippen molar-refractivity contribution in [2.45, 2.75) is 45.8 Å². The van der Waals surface area contributed by atoms with Crippen molar-refractivity contribution < 1.29 is 19.1 Å². The molecule has 2 aromatic rings. The molecule has 0 radical (unpaired) electrons. The van der Waals surface area contributed by atoms with E-state index in [9.17, 15) is 9.59 Å². The van der Waals surface area contributed by atoms with Gasteiger partial charge in [0, 0.05) is 18.8 Å². The van der Waals surface area contributed by atoms with Gasteiger partial charge in [-0.15, -0.1) is 0 Å². The Morgan fingerprint density at radius 1 is 1.00 bits per heavy atom. The molecule has 7 heteroatoms. The Bertz CT molecular complexity index is 867. The van der Waals surface area contributed by atoms with Gasteiger partial charge in [0.15, 0.2) is 0 Å². The van der Waals surface area contributed by atoms with E-state index in [2.05, 4.69) is 16.0 Å². The molecule has 1 aliphatic carbocycles. The van der Waals surface area contributed by atoms with E-state index in [-0.39, 0.29) is 18.4 Å². The second kappa shape index (κ2) is 12.7. The quantitative estimate of drug-likeness (QED) is 0.393. The van der Waals surface area contributed by atoms with E-state index in [0.717, 1.165) is 29.5 Å². The molecule has 0 saturated heterocycles. The molecule has 3 rings (SSSR count). The fourth-order valence-corrected chi connectivity index (χ4v) is 3.29. The zero-order valence-electron chi connectivity index (χ0n) is 19.5. The first-order valence-electron chi connectivity index (χ1n) is 11.7. The van der Waals surface area contributed by atoms with E-state index in [1.165, 1.54) is 12.8 Å². The number of ether oxygens (including phenoxy) is 2. The van der Waals surface area contributed by atoms with Gasteiger partial charge in [0.25, 0.3) is 0 Å². The Morgan fingerprint density at radius 2 is 1.73 bits per heavy atom. The lowest BCUT2D eigenvalue weighted by Crippen LogP contribution is -2.48. The van der Waals surface area contributed by atoms with Gasteiger partial charge < -0.3 is 25.4 Å². The zero-order valence-corrected chi connectivity index (χ0v) is 19.5. The molecule has 2 aromatic carbocycles. The van der Waals surface area contributed by atoms with Crippen molar-refractivity contribution in [3.63, 3.8) is 0 Å². The maximum Gasteiger partial charge on any atom is 0.408 e. The largest absolute Gasteiger partial charge is 0.493 e.